The fourth-order valence-electron chi connectivity index (χ4n) is 3.07. The van der Waals surface area contributed by atoms with E-state index in [0.717, 1.165) is 24.2 Å². The van der Waals surface area contributed by atoms with E-state index in [1.165, 1.54) is 23.3 Å². The van der Waals surface area contributed by atoms with Crippen LogP contribution in [0, 0.1) is 5.82 Å². The van der Waals surface area contributed by atoms with Crippen LogP contribution in [0.5, 0.6) is 5.75 Å². The number of benzene rings is 3. The highest BCUT2D eigenvalue weighted by Crippen LogP contribution is 2.21. The van der Waals surface area contributed by atoms with Crippen LogP contribution >= 0.6 is 0 Å². The van der Waals surface area contributed by atoms with Crippen molar-refractivity contribution >= 4 is 0 Å². The van der Waals surface area contributed by atoms with Crippen LogP contribution in [0.1, 0.15) is 36.1 Å². The molecule has 0 heterocycles. The fraction of sp³-hybridized carbons (Fsp3) is 0.250. The molecule has 1 N–H and O–H groups in total. The summed E-state index contributed by atoms with van der Waals surface area (Å²) < 4.78 is 18.9. The molecule has 0 aliphatic carbocycles. The summed E-state index contributed by atoms with van der Waals surface area (Å²) in [6.45, 7) is 3.55. The van der Waals surface area contributed by atoms with Crippen LogP contribution in [0.4, 0.5) is 4.39 Å². The number of hydrogen-bond donors (Lipinski definition) is 1. The molecule has 0 saturated heterocycles. The molecule has 1 unspecified atom stereocenters. The van der Waals surface area contributed by atoms with E-state index in [1.807, 2.05) is 42.5 Å². The van der Waals surface area contributed by atoms with Gasteiger partial charge in [0.15, 0.2) is 0 Å². The van der Waals surface area contributed by atoms with Crippen LogP contribution in [0.25, 0.3) is 0 Å². The average molecular weight is 363 g/mol. The molecule has 3 aromatic carbocycles. The molecule has 0 spiro atoms. The first-order valence-electron chi connectivity index (χ1n) is 9.49. The molecule has 3 heteroatoms. The molecule has 1 atom stereocenters. The topological polar surface area (TPSA) is 21.3 Å². The van der Waals surface area contributed by atoms with Gasteiger partial charge in [-0.25, -0.2) is 4.39 Å². The predicted molar refractivity (Wildman–Crippen MR) is 108 cm³/mol. The Hall–Kier alpha value is -2.65. The summed E-state index contributed by atoms with van der Waals surface area (Å²) in [6, 6.07) is 25.5. The maximum atomic E-state index is 13.0. The molecule has 2 nitrogen and oxygen atoms in total. The van der Waals surface area contributed by atoms with E-state index in [0.29, 0.717) is 13.2 Å². The van der Waals surface area contributed by atoms with Gasteiger partial charge in [0.05, 0.1) is 6.61 Å². The van der Waals surface area contributed by atoms with Gasteiger partial charge < -0.3 is 10.1 Å². The van der Waals surface area contributed by atoms with Crippen molar-refractivity contribution in [2.24, 2.45) is 0 Å². The van der Waals surface area contributed by atoms with Crippen LogP contribution in [0.3, 0.4) is 0 Å². The normalized spacial score (nSPS) is 11.9. The lowest BCUT2D eigenvalue weighted by Crippen LogP contribution is -2.20. The second-order valence-corrected chi connectivity index (χ2v) is 6.62. The van der Waals surface area contributed by atoms with Crippen molar-refractivity contribution in [3.8, 4) is 5.75 Å². The first kappa shape index (κ1) is 19.1. The molecule has 0 aliphatic heterocycles. The molecule has 0 amide bonds. The Bertz CT molecular complexity index is 800. The lowest BCUT2D eigenvalue weighted by Gasteiger charge is -2.18. The third-order valence-electron chi connectivity index (χ3n) is 4.66. The maximum Gasteiger partial charge on any atom is 0.123 e. The van der Waals surface area contributed by atoms with Gasteiger partial charge >= 0.3 is 0 Å². The van der Waals surface area contributed by atoms with E-state index in [1.54, 1.807) is 0 Å². The fourth-order valence-corrected chi connectivity index (χ4v) is 3.07. The Morgan fingerprint density at radius 3 is 2.22 bits per heavy atom. The second-order valence-electron chi connectivity index (χ2n) is 6.62. The van der Waals surface area contributed by atoms with Gasteiger partial charge in [0.2, 0.25) is 0 Å². The predicted octanol–water partition coefficient (Wildman–Crippen LogP) is 5.69. The summed E-state index contributed by atoms with van der Waals surface area (Å²) in [5, 5.41) is 3.54. The Balaban J connectivity index is 1.50. The monoisotopic (exact) mass is 363 g/mol. The highest BCUT2D eigenvalue weighted by atomic mass is 19.1. The quantitative estimate of drug-likeness (QED) is 0.527. The number of hydrogen-bond acceptors (Lipinski definition) is 2. The Morgan fingerprint density at radius 2 is 1.56 bits per heavy atom. The van der Waals surface area contributed by atoms with Crippen LogP contribution < -0.4 is 10.1 Å². The van der Waals surface area contributed by atoms with Crippen molar-refractivity contribution < 1.29 is 9.13 Å². The third kappa shape index (κ3) is 5.93. The van der Waals surface area contributed by atoms with Crippen LogP contribution in [-0.4, -0.2) is 6.61 Å². The molecule has 0 aromatic heterocycles. The van der Waals surface area contributed by atoms with E-state index in [2.05, 4.69) is 36.5 Å². The van der Waals surface area contributed by atoms with Crippen molar-refractivity contribution in [2.45, 2.75) is 32.4 Å². The van der Waals surface area contributed by atoms with Crippen molar-refractivity contribution in [3.63, 3.8) is 0 Å². The van der Waals surface area contributed by atoms with E-state index in [4.69, 9.17) is 4.74 Å². The molecule has 0 radical (unpaired) electrons. The van der Waals surface area contributed by atoms with Gasteiger partial charge in [-0.2, -0.15) is 0 Å². The lowest BCUT2D eigenvalue weighted by molar-refractivity contribution is 0.321. The minimum Gasteiger partial charge on any atom is -0.493 e. The molecule has 0 bridgehead atoms. The Morgan fingerprint density at radius 1 is 0.852 bits per heavy atom. The van der Waals surface area contributed by atoms with Crippen molar-refractivity contribution in [1.29, 1.82) is 0 Å². The standard InChI is InChI=1S/C24H26FNO/c1-2-24(26-18-20-8-12-22(25)13-9-20)21-10-14-23(15-11-21)27-17-16-19-6-4-3-5-7-19/h3-15,24,26H,2,16-18H2,1H3. The highest BCUT2D eigenvalue weighted by Gasteiger charge is 2.09. The van der Waals surface area contributed by atoms with Gasteiger partial charge in [-0.05, 0) is 47.4 Å². The minimum absolute atomic E-state index is 0.200. The number of rotatable bonds is 9. The summed E-state index contributed by atoms with van der Waals surface area (Å²) in [5.41, 5.74) is 3.59. The van der Waals surface area contributed by atoms with E-state index >= 15 is 0 Å². The summed E-state index contributed by atoms with van der Waals surface area (Å²) in [4.78, 5) is 0. The van der Waals surface area contributed by atoms with E-state index in [9.17, 15) is 4.39 Å². The summed E-state index contributed by atoms with van der Waals surface area (Å²) in [7, 11) is 0. The number of halogens is 1. The molecule has 3 rings (SSSR count). The van der Waals surface area contributed by atoms with Gasteiger partial charge in [-0.1, -0.05) is 61.5 Å². The largest absolute Gasteiger partial charge is 0.493 e. The molecule has 0 fully saturated rings. The Kier molecular flexibility index (Phi) is 7.00. The van der Waals surface area contributed by atoms with Crippen molar-refractivity contribution in [2.75, 3.05) is 6.61 Å². The summed E-state index contributed by atoms with van der Waals surface area (Å²) >= 11 is 0. The Labute approximate surface area is 161 Å². The first-order valence-corrected chi connectivity index (χ1v) is 9.49. The van der Waals surface area contributed by atoms with Crippen LogP contribution in [0.15, 0.2) is 78.9 Å². The average Bonchev–Trinajstić information content (AvgIpc) is 2.72. The van der Waals surface area contributed by atoms with Gasteiger partial charge in [0, 0.05) is 19.0 Å². The summed E-state index contributed by atoms with van der Waals surface area (Å²) in [5.74, 6) is 0.691. The molecular formula is C24H26FNO. The first-order chi connectivity index (χ1) is 13.2. The van der Waals surface area contributed by atoms with Crippen molar-refractivity contribution in [1.82, 2.24) is 5.32 Å². The SMILES string of the molecule is CCC(NCc1ccc(F)cc1)c1ccc(OCCc2ccccc2)cc1. The van der Waals surface area contributed by atoms with Crippen molar-refractivity contribution in [3.05, 3.63) is 101 Å². The molecular weight excluding hydrogens is 337 g/mol. The second kappa shape index (κ2) is 9.89. The molecule has 140 valence electrons. The van der Waals surface area contributed by atoms with Gasteiger partial charge in [-0.3, -0.25) is 0 Å². The molecule has 27 heavy (non-hydrogen) atoms. The number of nitrogens with one attached hydrogen (secondary N) is 1. The highest BCUT2D eigenvalue weighted by molar-refractivity contribution is 5.29. The zero-order chi connectivity index (χ0) is 18.9. The zero-order valence-corrected chi connectivity index (χ0v) is 15.7. The molecule has 3 aromatic rings. The van der Waals surface area contributed by atoms with E-state index < -0.39 is 0 Å². The van der Waals surface area contributed by atoms with Crippen LogP contribution in [0.2, 0.25) is 0 Å². The van der Waals surface area contributed by atoms with Crippen LogP contribution in [-0.2, 0) is 13.0 Å². The van der Waals surface area contributed by atoms with Gasteiger partial charge in [-0.15, -0.1) is 0 Å². The maximum absolute atomic E-state index is 13.0. The van der Waals surface area contributed by atoms with Gasteiger partial charge in [0.1, 0.15) is 11.6 Å². The smallest absolute Gasteiger partial charge is 0.123 e. The molecule has 0 aliphatic rings. The minimum atomic E-state index is -0.200. The molecule has 0 saturated carbocycles. The summed E-state index contributed by atoms with van der Waals surface area (Å²) in [6.07, 6.45) is 1.88. The lowest BCUT2D eigenvalue weighted by atomic mass is 10.0. The zero-order valence-electron chi connectivity index (χ0n) is 15.7. The van der Waals surface area contributed by atoms with Gasteiger partial charge in [0.25, 0.3) is 0 Å². The van der Waals surface area contributed by atoms with E-state index in [-0.39, 0.29) is 11.9 Å². The number of ether oxygens (including phenoxy) is 1. The third-order valence-corrected chi connectivity index (χ3v) is 4.66.